The number of nitrogens with zero attached hydrogens (tertiary/aromatic N) is 7. The van der Waals surface area contributed by atoms with Crippen molar-refractivity contribution >= 4 is 11.7 Å². The van der Waals surface area contributed by atoms with E-state index < -0.39 is 0 Å². The first kappa shape index (κ1) is 14.0. The van der Waals surface area contributed by atoms with Crippen molar-refractivity contribution in [1.82, 2.24) is 24.6 Å². The molecule has 3 heterocycles. The van der Waals surface area contributed by atoms with Crippen LogP contribution in [-0.2, 0) is 11.3 Å². The van der Waals surface area contributed by atoms with Crippen LogP contribution in [0.4, 0.5) is 5.82 Å². The first-order chi connectivity index (χ1) is 10.8. The summed E-state index contributed by atoms with van der Waals surface area (Å²) in [5.41, 5.74) is 0. The molecule has 1 aliphatic heterocycles. The van der Waals surface area contributed by atoms with Gasteiger partial charge in [0, 0.05) is 32.4 Å². The minimum atomic E-state index is -0.0185. The molecule has 2 aromatic rings. The van der Waals surface area contributed by atoms with Crippen LogP contribution in [0.2, 0.25) is 0 Å². The first-order valence-electron chi connectivity index (χ1n) is 6.99. The second-order valence-electron chi connectivity index (χ2n) is 4.93. The number of carbonyl (C=O) groups excluding carboxylic acids is 1. The van der Waals surface area contributed by atoms with E-state index in [1.165, 1.54) is 11.0 Å². The molecule has 0 unspecified atom stereocenters. The second kappa shape index (κ2) is 6.22. The van der Waals surface area contributed by atoms with E-state index >= 15 is 0 Å². The van der Waals surface area contributed by atoms with Crippen LogP contribution in [-0.4, -0.2) is 56.7 Å². The van der Waals surface area contributed by atoms with E-state index in [0.29, 0.717) is 13.1 Å². The Balaban J connectivity index is 1.55. The summed E-state index contributed by atoms with van der Waals surface area (Å²) in [6, 6.07) is 7.65. The molecule has 8 heteroatoms. The summed E-state index contributed by atoms with van der Waals surface area (Å²) >= 11 is 0. The molecule has 0 atom stereocenters. The summed E-state index contributed by atoms with van der Waals surface area (Å²) < 4.78 is 1.39. The normalized spacial score (nSPS) is 14.7. The molecule has 1 saturated heterocycles. The topological polar surface area (TPSA) is 90.9 Å². The molecule has 1 amide bonds. The highest BCUT2D eigenvalue weighted by Crippen LogP contribution is 2.12. The minimum Gasteiger partial charge on any atom is -0.353 e. The molecule has 112 valence electrons. The molecule has 1 fully saturated rings. The minimum absolute atomic E-state index is 0.0185. The predicted molar refractivity (Wildman–Crippen MR) is 77.8 cm³/mol. The van der Waals surface area contributed by atoms with E-state index in [1.807, 2.05) is 24.3 Å². The zero-order chi connectivity index (χ0) is 15.4. The molecular weight excluding hydrogens is 282 g/mol. The lowest BCUT2D eigenvalue weighted by Crippen LogP contribution is -2.49. The monoisotopic (exact) mass is 297 g/mol. The van der Waals surface area contributed by atoms with Gasteiger partial charge in [-0.2, -0.15) is 5.26 Å². The number of carbonyl (C=O) groups is 1. The smallest absolute Gasteiger partial charge is 0.252 e. The Morgan fingerprint density at radius 2 is 2.05 bits per heavy atom. The van der Waals surface area contributed by atoms with Crippen LogP contribution in [0.15, 0.2) is 30.7 Å². The van der Waals surface area contributed by atoms with Gasteiger partial charge in [0.1, 0.15) is 24.8 Å². The van der Waals surface area contributed by atoms with E-state index in [1.54, 1.807) is 11.1 Å². The second-order valence-corrected chi connectivity index (χ2v) is 4.93. The molecular formula is C14H15N7O. The highest BCUT2D eigenvalue weighted by atomic mass is 16.2. The molecule has 0 aromatic carbocycles. The summed E-state index contributed by atoms with van der Waals surface area (Å²) in [5.74, 6) is 0.993. The van der Waals surface area contributed by atoms with Gasteiger partial charge in [0.15, 0.2) is 0 Å². The van der Waals surface area contributed by atoms with Gasteiger partial charge in [-0.05, 0) is 12.1 Å². The van der Waals surface area contributed by atoms with Gasteiger partial charge >= 0.3 is 0 Å². The van der Waals surface area contributed by atoms with Crippen molar-refractivity contribution in [2.75, 3.05) is 31.1 Å². The fourth-order valence-corrected chi connectivity index (χ4v) is 2.39. The van der Waals surface area contributed by atoms with Crippen LogP contribution in [0.3, 0.4) is 0 Å². The van der Waals surface area contributed by atoms with Gasteiger partial charge in [-0.1, -0.05) is 6.07 Å². The van der Waals surface area contributed by atoms with Gasteiger partial charge in [-0.25, -0.2) is 14.6 Å². The molecule has 0 aliphatic carbocycles. The molecule has 3 rings (SSSR count). The van der Waals surface area contributed by atoms with Gasteiger partial charge in [0.2, 0.25) is 5.91 Å². The largest absolute Gasteiger partial charge is 0.353 e. The maximum Gasteiger partial charge on any atom is 0.252 e. The van der Waals surface area contributed by atoms with Gasteiger partial charge in [-0.15, -0.1) is 5.10 Å². The van der Waals surface area contributed by atoms with E-state index in [9.17, 15) is 4.79 Å². The molecule has 8 nitrogen and oxygen atoms in total. The third kappa shape index (κ3) is 3.03. The molecule has 2 aromatic heterocycles. The lowest BCUT2D eigenvalue weighted by Gasteiger charge is -2.35. The number of amides is 1. The Morgan fingerprint density at radius 1 is 1.23 bits per heavy atom. The van der Waals surface area contributed by atoms with E-state index in [4.69, 9.17) is 5.26 Å². The number of pyridine rings is 1. The number of anilines is 1. The van der Waals surface area contributed by atoms with Crippen molar-refractivity contribution < 1.29 is 4.79 Å². The number of piperazine rings is 1. The molecule has 22 heavy (non-hydrogen) atoms. The summed E-state index contributed by atoms with van der Waals surface area (Å²) in [7, 11) is 0. The Bertz CT molecular complexity index is 683. The summed E-state index contributed by atoms with van der Waals surface area (Å²) in [5, 5.41) is 12.6. The van der Waals surface area contributed by atoms with Crippen LogP contribution in [0.25, 0.3) is 0 Å². The summed E-state index contributed by atoms with van der Waals surface area (Å²) in [6.45, 7) is 2.91. The number of nitriles is 1. The quantitative estimate of drug-likeness (QED) is 0.785. The van der Waals surface area contributed by atoms with Crippen molar-refractivity contribution in [3.8, 4) is 6.07 Å². The first-order valence-corrected chi connectivity index (χ1v) is 6.99. The van der Waals surface area contributed by atoms with Gasteiger partial charge in [0.05, 0.1) is 0 Å². The van der Waals surface area contributed by atoms with E-state index in [0.717, 1.165) is 18.9 Å². The van der Waals surface area contributed by atoms with Gasteiger partial charge in [0.25, 0.3) is 5.82 Å². The van der Waals surface area contributed by atoms with Gasteiger partial charge < -0.3 is 9.80 Å². The molecule has 0 N–H and O–H groups in total. The Morgan fingerprint density at radius 3 is 2.68 bits per heavy atom. The van der Waals surface area contributed by atoms with Gasteiger partial charge in [-0.3, -0.25) is 4.79 Å². The van der Waals surface area contributed by atoms with Crippen molar-refractivity contribution in [3.05, 3.63) is 36.5 Å². The fraction of sp³-hybridized carbons (Fsp3) is 0.357. The Labute approximate surface area is 127 Å². The zero-order valence-electron chi connectivity index (χ0n) is 12.0. The average molecular weight is 297 g/mol. The van der Waals surface area contributed by atoms with Crippen LogP contribution < -0.4 is 4.90 Å². The van der Waals surface area contributed by atoms with E-state index in [-0.39, 0.29) is 18.3 Å². The average Bonchev–Trinajstić information content (AvgIpc) is 3.03. The van der Waals surface area contributed by atoms with Crippen molar-refractivity contribution in [3.63, 3.8) is 0 Å². The third-order valence-electron chi connectivity index (χ3n) is 3.54. The maximum absolute atomic E-state index is 12.2. The summed E-state index contributed by atoms with van der Waals surface area (Å²) in [6.07, 6.45) is 3.17. The summed E-state index contributed by atoms with van der Waals surface area (Å²) in [4.78, 5) is 24.3. The number of rotatable bonds is 3. The van der Waals surface area contributed by atoms with E-state index in [2.05, 4.69) is 20.0 Å². The maximum atomic E-state index is 12.2. The van der Waals surface area contributed by atoms with Crippen molar-refractivity contribution in [1.29, 1.82) is 5.26 Å². The standard InChI is InChI=1S/C14H15N7O/c15-9-12-17-11-21(18-12)10-14(22)20-7-5-19(6-8-20)13-3-1-2-4-16-13/h1-4,11H,5-8,10H2. The zero-order valence-corrected chi connectivity index (χ0v) is 12.0. The van der Waals surface area contributed by atoms with Crippen LogP contribution in [0.1, 0.15) is 5.82 Å². The molecule has 0 bridgehead atoms. The van der Waals surface area contributed by atoms with Crippen LogP contribution in [0.5, 0.6) is 0 Å². The van der Waals surface area contributed by atoms with Crippen LogP contribution in [0, 0.1) is 11.3 Å². The molecule has 0 saturated carbocycles. The molecule has 1 aliphatic rings. The lowest BCUT2D eigenvalue weighted by atomic mass is 10.3. The Kier molecular flexibility index (Phi) is 3.96. The Hall–Kier alpha value is -2.95. The number of aromatic nitrogens is 4. The number of hydrogen-bond donors (Lipinski definition) is 0. The fourth-order valence-electron chi connectivity index (χ4n) is 2.39. The predicted octanol–water partition coefficient (Wildman–Crippen LogP) is -0.106. The lowest BCUT2D eigenvalue weighted by molar-refractivity contribution is -0.132. The SMILES string of the molecule is N#Cc1ncn(CC(=O)N2CCN(c3ccccn3)CC2)n1. The highest BCUT2D eigenvalue weighted by molar-refractivity contribution is 5.76. The van der Waals surface area contributed by atoms with Crippen molar-refractivity contribution in [2.24, 2.45) is 0 Å². The van der Waals surface area contributed by atoms with Crippen LogP contribution >= 0.6 is 0 Å². The third-order valence-corrected chi connectivity index (χ3v) is 3.54. The number of hydrogen-bond acceptors (Lipinski definition) is 6. The highest BCUT2D eigenvalue weighted by Gasteiger charge is 2.22. The molecule has 0 radical (unpaired) electrons. The molecule has 0 spiro atoms. The van der Waals surface area contributed by atoms with Crippen molar-refractivity contribution in [2.45, 2.75) is 6.54 Å².